The van der Waals surface area contributed by atoms with Crippen LogP contribution in [-0.4, -0.2) is 47.9 Å². The van der Waals surface area contributed by atoms with Crippen molar-refractivity contribution in [2.24, 2.45) is 0 Å². The van der Waals surface area contributed by atoms with Crippen molar-refractivity contribution in [3.8, 4) is 11.5 Å². The topological polar surface area (TPSA) is 66.9 Å². The van der Waals surface area contributed by atoms with E-state index in [4.69, 9.17) is 9.47 Å². The zero-order valence-electron chi connectivity index (χ0n) is 22.7. The molecule has 0 aliphatic heterocycles. The first-order chi connectivity index (χ1) is 19.7. The molecule has 4 aromatic carbocycles. The third-order valence-electron chi connectivity index (χ3n) is 6.80. The molecule has 0 spiro atoms. The molecular formula is C34H35N3O3. The summed E-state index contributed by atoms with van der Waals surface area (Å²) in [6.07, 6.45) is 2.09. The molecule has 0 radical (unpaired) electrons. The molecule has 0 aliphatic carbocycles. The number of hydrogen-bond acceptors (Lipinski definition) is 6. The number of aliphatic hydroxyl groups excluding tert-OH is 1. The number of aliphatic hydroxyl groups is 1. The summed E-state index contributed by atoms with van der Waals surface area (Å²) in [5, 5.41) is 15.3. The monoisotopic (exact) mass is 533 g/mol. The second-order valence-electron chi connectivity index (χ2n) is 9.81. The molecular weight excluding hydrogens is 498 g/mol. The van der Waals surface area contributed by atoms with Crippen molar-refractivity contribution in [2.45, 2.75) is 19.1 Å². The standard InChI is InChI=1S/C34H35N3O3/c1-39-31-16-17-32-33(18-20-35-34(32)22-31)36-28-14-12-26(13-15-28)19-21-37(23-27-8-4-2-5-9-27)24-29(38)25-40-30-10-6-3-7-11-30/h2-18,20,22,29,38H,19,21,23-25H2,1H3,(H,35,36)/t29-/m0/s1. The minimum Gasteiger partial charge on any atom is -0.497 e. The molecule has 6 nitrogen and oxygen atoms in total. The normalized spacial score (nSPS) is 11.9. The van der Waals surface area contributed by atoms with E-state index in [9.17, 15) is 5.11 Å². The highest BCUT2D eigenvalue weighted by Gasteiger charge is 2.14. The lowest BCUT2D eigenvalue weighted by Gasteiger charge is -2.25. The van der Waals surface area contributed by atoms with Crippen LogP contribution in [0, 0.1) is 0 Å². The summed E-state index contributed by atoms with van der Waals surface area (Å²) in [7, 11) is 1.66. The summed E-state index contributed by atoms with van der Waals surface area (Å²) in [5.74, 6) is 1.56. The Bertz CT molecular complexity index is 1480. The summed E-state index contributed by atoms with van der Waals surface area (Å²) in [5.41, 5.74) is 5.36. The highest BCUT2D eigenvalue weighted by molar-refractivity contribution is 5.93. The Morgan fingerprint density at radius 1 is 0.825 bits per heavy atom. The maximum absolute atomic E-state index is 10.8. The number of aromatic nitrogens is 1. The molecule has 1 atom stereocenters. The Morgan fingerprint density at radius 3 is 2.33 bits per heavy atom. The number of ether oxygens (including phenoxy) is 2. The van der Waals surface area contributed by atoms with E-state index in [0.717, 1.165) is 53.3 Å². The molecule has 204 valence electrons. The van der Waals surface area contributed by atoms with Gasteiger partial charge in [-0.25, -0.2) is 0 Å². The molecule has 0 saturated heterocycles. The number of fused-ring (bicyclic) bond motifs is 1. The fourth-order valence-corrected chi connectivity index (χ4v) is 4.70. The van der Waals surface area contributed by atoms with Gasteiger partial charge in [0.05, 0.1) is 12.6 Å². The quantitative estimate of drug-likeness (QED) is 0.181. The summed E-state index contributed by atoms with van der Waals surface area (Å²) in [6.45, 7) is 2.37. The number of methoxy groups -OCH3 is 1. The molecule has 2 N–H and O–H groups in total. The molecule has 0 unspecified atom stereocenters. The molecule has 1 heterocycles. The highest BCUT2D eigenvalue weighted by Crippen LogP contribution is 2.28. The van der Waals surface area contributed by atoms with Gasteiger partial charge in [-0.05, 0) is 60.0 Å². The average molecular weight is 534 g/mol. The lowest BCUT2D eigenvalue weighted by Crippen LogP contribution is -2.36. The van der Waals surface area contributed by atoms with Crippen LogP contribution in [0.5, 0.6) is 11.5 Å². The van der Waals surface area contributed by atoms with Crippen LogP contribution in [0.1, 0.15) is 11.1 Å². The molecule has 0 bridgehead atoms. The van der Waals surface area contributed by atoms with Gasteiger partial charge < -0.3 is 19.9 Å². The van der Waals surface area contributed by atoms with Crippen molar-refractivity contribution >= 4 is 22.3 Å². The zero-order valence-corrected chi connectivity index (χ0v) is 22.7. The van der Waals surface area contributed by atoms with Crippen LogP contribution < -0.4 is 14.8 Å². The average Bonchev–Trinajstić information content (AvgIpc) is 3.00. The number of nitrogens with one attached hydrogen (secondary N) is 1. The minimum absolute atomic E-state index is 0.256. The minimum atomic E-state index is -0.592. The number of benzene rings is 4. The second-order valence-corrected chi connectivity index (χ2v) is 9.81. The lowest BCUT2D eigenvalue weighted by molar-refractivity contribution is 0.0659. The van der Waals surface area contributed by atoms with E-state index >= 15 is 0 Å². The van der Waals surface area contributed by atoms with Crippen LogP contribution >= 0.6 is 0 Å². The third-order valence-corrected chi connectivity index (χ3v) is 6.80. The van der Waals surface area contributed by atoms with Crippen molar-refractivity contribution < 1.29 is 14.6 Å². The molecule has 0 aliphatic rings. The number of pyridine rings is 1. The number of hydrogen-bond donors (Lipinski definition) is 2. The van der Waals surface area contributed by atoms with Crippen LogP contribution in [0.15, 0.2) is 115 Å². The molecule has 0 fully saturated rings. The summed E-state index contributed by atoms with van der Waals surface area (Å²) in [6, 6.07) is 36.4. The fraction of sp³-hybridized carbons (Fsp3) is 0.206. The number of anilines is 2. The van der Waals surface area contributed by atoms with Gasteiger partial charge in [0.1, 0.15) is 24.2 Å². The predicted molar refractivity (Wildman–Crippen MR) is 161 cm³/mol. The van der Waals surface area contributed by atoms with Gasteiger partial charge in [0, 0.05) is 48.7 Å². The highest BCUT2D eigenvalue weighted by atomic mass is 16.5. The van der Waals surface area contributed by atoms with Gasteiger partial charge in [-0.2, -0.15) is 0 Å². The van der Waals surface area contributed by atoms with Crippen molar-refractivity contribution in [3.63, 3.8) is 0 Å². The van der Waals surface area contributed by atoms with E-state index in [1.54, 1.807) is 13.3 Å². The fourth-order valence-electron chi connectivity index (χ4n) is 4.70. The number of nitrogens with zero attached hydrogens (tertiary/aromatic N) is 2. The molecule has 40 heavy (non-hydrogen) atoms. The van der Waals surface area contributed by atoms with Crippen molar-refractivity contribution in [3.05, 3.63) is 127 Å². The van der Waals surface area contributed by atoms with Gasteiger partial charge in [-0.3, -0.25) is 9.88 Å². The van der Waals surface area contributed by atoms with Crippen molar-refractivity contribution in [2.75, 3.05) is 32.1 Å². The largest absolute Gasteiger partial charge is 0.497 e. The molecule has 5 rings (SSSR count). The number of rotatable bonds is 13. The zero-order chi connectivity index (χ0) is 27.6. The summed E-state index contributed by atoms with van der Waals surface area (Å²) >= 11 is 0. The van der Waals surface area contributed by atoms with Crippen LogP contribution in [0.2, 0.25) is 0 Å². The van der Waals surface area contributed by atoms with Gasteiger partial charge in [0.25, 0.3) is 0 Å². The Hall–Kier alpha value is -4.39. The summed E-state index contributed by atoms with van der Waals surface area (Å²) < 4.78 is 11.1. The van der Waals surface area contributed by atoms with Crippen LogP contribution in [0.3, 0.4) is 0 Å². The SMILES string of the molecule is COc1ccc2c(Nc3ccc(CCN(Cc4ccccc4)C[C@H](O)COc4ccccc4)cc3)ccnc2c1. The Labute approximate surface area is 235 Å². The number of para-hydroxylation sites is 1. The van der Waals surface area contributed by atoms with Gasteiger partial charge in [-0.15, -0.1) is 0 Å². The molecule has 1 aromatic heterocycles. The maximum atomic E-state index is 10.8. The molecule has 6 heteroatoms. The first-order valence-corrected chi connectivity index (χ1v) is 13.6. The Morgan fingerprint density at radius 2 is 1.57 bits per heavy atom. The lowest BCUT2D eigenvalue weighted by atomic mass is 10.1. The van der Waals surface area contributed by atoms with Crippen LogP contribution in [0.25, 0.3) is 10.9 Å². The Kier molecular flexibility index (Phi) is 9.25. The van der Waals surface area contributed by atoms with E-state index in [1.165, 1.54) is 11.1 Å². The van der Waals surface area contributed by atoms with Gasteiger partial charge >= 0.3 is 0 Å². The maximum Gasteiger partial charge on any atom is 0.121 e. The van der Waals surface area contributed by atoms with Gasteiger partial charge in [0.2, 0.25) is 0 Å². The van der Waals surface area contributed by atoms with Crippen molar-refractivity contribution in [1.82, 2.24) is 9.88 Å². The smallest absolute Gasteiger partial charge is 0.121 e. The molecule has 0 amide bonds. The Balaban J connectivity index is 1.20. The van der Waals surface area contributed by atoms with Crippen LogP contribution in [0.4, 0.5) is 11.4 Å². The first-order valence-electron chi connectivity index (χ1n) is 13.6. The van der Waals surface area contributed by atoms with Gasteiger partial charge in [0.15, 0.2) is 0 Å². The third kappa shape index (κ3) is 7.59. The van der Waals surface area contributed by atoms with E-state index < -0.39 is 6.10 Å². The molecule has 0 saturated carbocycles. The van der Waals surface area contributed by atoms with Crippen molar-refractivity contribution in [1.29, 1.82) is 0 Å². The van der Waals surface area contributed by atoms with Crippen LogP contribution in [-0.2, 0) is 13.0 Å². The first kappa shape index (κ1) is 27.2. The van der Waals surface area contributed by atoms with E-state index in [0.29, 0.717) is 6.54 Å². The second kappa shape index (κ2) is 13.6. The van der Waals surface area contributed by atoms with E-state index in [-0.39, 0.29) is 6.61 Å². The summed E-state index contributed by atoms with van der Waals surface area (Å²) in [4.78, 5) is 6.76. The van der Waals surface area contributed by atoms with E-state index in [2.05, 4.69) is 63.7 Å². The van der Waals surface area contributed by atoms with Gasteiger partial charge in [-0.1, -0.05) is 60.7 Å². The molecule has 5 aromatic rings. The predicted octanol–water partition coefficient (Wildman–Crippen LogP) is 6.47. The van der Waals surface area contributed by atoms with E-state index in [1.807, 2.05) is 60.7 Å².